The van der Waals surface area contributed by atoms with Crippen LogP contribution in [0.25, 0.3) is 0 Å². The van der Waals surface area contributed by atoms with Crippen LogP contribution in [0.5, 0.6) is 5.75 Å². The third kappa shape index (κ3) is 3.06. The molecule has 2 aliphatic rings. The molecule has 144 valence electrons. The molecule has 0 N–H and O–H groups in total. The van der Waals surface area contributed by atoms with Gasteiger partial charge in [0.15, 0.2) is 6.10 Å². The number of hydrogen-bond acceptors (Lipinski definition) is 5. The van der Waals surface area contributed by atoms with Gasteiger partial charge in [-0.1, -0.05) is 12.1 Å². The van der Waals surface area contributed by atoms with Gasteiger partial charge in [-0.25, -0.2) is 0 Å². The molecule has 8 heteroatoms. The van der Waals surface area contributed by atoms with E-state index in [4.69, 9.17) is 4.74 Å². The van der Waals surface area contributed by atoms with Crippen LogP contribution in [0.1, 0.15) is 18.9 Å². The minimum absolute atomic E-state index is 0.0255. The van der Waals surface area contributed by atoms with E-state index in [2.05, 4.69) is 0 Å². The number of fused-ring (bicyclic) bond motifs is 2. The first-order valence-electron chi connectivity index (χ1n) is 9.10. The number of ether oxygens (including phenoxy) is 1. The summed E-state index contributed by atoms with van der Waals surface area (Å²) in [5.41, 5.74) is 2.19. The molecule has 0 fully saturated rings. The second-order valence-corrected chi connectivity index (χ2v) is 6.83. The summed E-state index contributed by atoms with van der Waals surface area (Å²) in [4.78, 5) is 39.0. The van der Waals surface area contributed by atoms with Gasteiger partial charge < -0.3 is 14.5 Å². The van der Waals surface area contributed by atoms with Crippen LogP contribution in [-0.4, -0.2) is 35.9 Å². The molecule has 0 aliphatic carbocycles. The molecule has 0 bridgehead atoms. The fourth-order valence-electron chi connectivity index (χ4n) is 3.69. The second-order valence-electron chi connectivity index (χ2n) is 6.83. The molecule has 1 unspecified atom stereocenters. The number of benzene rings is 2. The predicted octanol–water partition coefficient (Wildman–Crippen LogP) is 2.69. The maximum absolute atomic E-state index is 12.8. The van der Waals surface area contributed by atoms with Crippen molar-refractivity contribution in [1.82, 2.24) is 0 Å². The van der Waals surface area contributed by atoms with E-state index in [-0.39, 0.29) is 30.5 Å². The summed E-state index contributed by atoms with van der Waals surface area (Å²) in [6.45, 7) is 2.43. The predicted molar refractivity (Wildman–Crippen MR) is 103 cm³/mol. The summed E-state index contributed by atoms with van der Waals surface area (Å²) in [7, 11) is 0. The van der Waals surface area contributed by atoms with Crippen molar-refractivity contribution in [3.63, 3.8) is 0 Å². The zero-order chi connectivity index (χ0) is 19.8. The monoisotopic (exact) mass is 381 g/mol. The molecule has 0 saturated carbocycles. The van der Waals surface area contributed by atoms with Gasteiger partial charge in [0, 0.05) is 37.3 Å². The van der Waals surface area contributed by atoms with Crippen LogP contribution in [-0.2, 0) is 16.0 Å². The Bertz CT molecular complexity index is 974. The molecule has 1 atom stereocenters. The van der Waals surface area contributed by atoms with Gasteiger partial charge in [-0.3, -0.25) is 19.7 Å². The lowest BCUT2D eigenvalue weighted by Gasteiger charge is -2.33. The fraction of sp³-hybridized carbons (Fsp3) is 0.300. The normalized spacial score (nSPS) is 17.8. The Labute approximate surface area is 161 Å². The van der Waals surface area contributed by atoms with Crippen LogP contribution in [0, 0.1) is 10.1 Å². The summed E-state index contributed by atoms with van der Waals surface area (Å²) >= 11 is 0. The smallest absolute Gasteiger partial charge is 0.269 e. The Morgan fingerprint density at radius 1 is 1.25 bits per heavy atom. The molecule has 2 aromatic rings. The van der Waals surface area contributed by atoms with E-state index >= 15 is 0 Å². The van der Waals surface area contributed by atoms with E-state index in [1.54, 1.807) is 34.9 Å². The minimum Gasteiger partial charge on any atom is -0.479 e. The SMILES string of the molecule is CC1Oc2ccccc2N(CCC(=O)N2CCc3cc([N+](=O)[O-])ccc32)C1=O. The van der Waals surface area contributed by atoms with E-state index in [1.165, 1.54) is 12.1 Å². The van der Waals surface area contributed by atoms with E-state index < -0.39 is 11.0 Å². The number of nitro groups is 1. The van der Waals surface area contributed by atoms with Gasteiger partial charge in [0.1, 0.15) is 5.75 Å². The van der Waals surface area contributed by atoms with Gasteiger partial charge in [-0.2, -0.15) is 0 Å². The molecule has 2 aromatic carbocycles. The zero-order valence-corrected chi connectivity index (χ0v) is 15.3. The van der Waals surface area contributed by atoms with Crippen LogP contribution >= 0.6 is 0 Å². The third-order valence-electron chi connectivity index (χ3n) is 5.09. The van der Waals surface area contributed by atoms with Crippen LogP contribution in [0.2, 0.25) is 0 Å². The Morgan fingerprint density at radius 2 is 2.04 bits per heavy atom. The Morgan fingerprint density at radius 3 is 2.82 bits per heavy atom. The number of non-ortho nitro benzene ring substituents is 1. The number of para-hydroxylation sites is 2. The number of carbonyl (C=O) groups is 2. The fourth-order valence-corrected chi connectivity index (χ4v) is 3.69. The van der Waals surface area contributed by atoms with Crippen LogP contribution in [0.15, 0.2) is 42.5 Å². The van der Waals surface area contributed by atoms with Crippen molar-refractivity contribution in [2.24, 2.45) is 0 Å². The molecular weight excluding hydrogens is 362 g/mol. The van der Waals surface area contributed by atoms with Gasteiger partial charge in [0.2, 0.25) is 5.91 Å². The maximum Gasteiger partial charge on any atom is 0.269 e. The number of carbonyl (C=O) groups excluding carboxylic acids is 2. The number of anilines is 2. The van der Waals surface area contributed by atoms with Crippen molar-refractivity contribution in [2.75, 3.05) is 22.9 Å². The van der Waals surface area contributed by atoms with Crippen molar-refractivity contribution < 1.29 is 19.2 Å². The van der Waals surface area contributed by atoms with Crippen molar-refractivity contribution >= 4 is 28.9 Å². The van der Waals surface area contributed by atoms with Gasteiger partial charge in [-0.05, 0) is 37.1 Å². The van der Waals surface area contributed by atoms with Gasteiger partial charge >= 0.3 is 0 Å². The van der Waals surface area contributed by atoms with E-state index in [0.717, 1.165) is 5.56 Å². The number of rotatable bonds is 4. The summed E-state index contributed by atoms with van der Waals surface area (Å²) < 4.78 is 5.62. The highest BCUT2D eigenvalue weighted by Gasteiger charge is 2.32. The third-order valence-corrected chi connectivity index (χ3v) is 5.09. The van der Waals surface area contributed by atoms with E-state index in [9.17, 15) is 19.7 Å². The lowest BCUT2D eigenvalue weighted by molar-refractivity contribution is -0.384. The summed E-state index contributed by atoms with van der Waals surface area (Å²) in [5.74, 6) is 0.335. The zero-order valence-electron chi connectivity index (χ0n) is 15.3. The second kappa shape index (κ2) is 6.95. The lowest BCUT2D eigenvalue weighted by Crippen LogP contribution is -2.46. The molecule has 2 amide bonds. The molecule has 0 aromatic heterocycles. The first-order valence-corrected chi connectivity index (χ1v) is 9.10. The van der Waals surface area contributed by atoms with Crippen LogP contribution < -0.4 is 14.5 Å². The lowest BCUT2D eigenvalue weighted by atomic mass is 10.1. The van der Waals surface area contributed by atoms with E-state index in [0.29, 0.717) is 30.1 Å². The average molecular weight is 381 g/mol. The molecule has 8 nitrogen and oxygen atoms in total. The number of nitro benzene ring substituents is 1. The quantitative estimate of drug-likeness (QED) is 0.600. The molecule has 4 rings (SSSR count). The van der Waals surface area contributed by atoms with Crippen molar-refractivity contribution in [3.8, 4) is 5.75 Å². The Balaban J connectivity index is 1.49. The van der Waals surface area contributed by atoms with Gasteiger partial charge in [0.05, 0.1) is 10.6 Å². The topological polar surface area (TPSA) is 93.0 Å². The molecule has 2 heterocycles. The van der Waals surface area contributed by atoms with Gasteiger partial charge in [0.25, 0.3) is 11.6 Å². The molecule has 2 aliphatic heterocycles. The van der Waals surface area contributed by atoms with Crippen LogP contribution in [0.3, 0.4) is 0 Å². The standard InChI is InChI=1S/C20H19N3O5/c1-13-20(25)22(17-4-2-3-5-18(17)28-13)11-9-19(24)21-10-8-14-12-15(23(26)27)6-7-16(14)21/h2-7,12-13H,8-11H2,1H3. The summed E-state index contributed by atoms with van der Waals surface area (Å²) in [6, 6.07) is 11.8. The van der Waals surface area contributed by atoms with Crippen molar-refractivity contribution in [2.45, 2.75) is 25.9 Å². The van der Waals surface area contributed by atoms with Gasteiger partial charge in [-0.15, -0.1) is 0 Å². The summed E-state index contributed by atoms with van der Waals surface area (Å²) in [5, 5.41) is 10.9. The first-order chi connectivity index (χ1) is 13.5. The minimum atomic E-state index is -0.599. The number of amides is 2. The van der Waals surface area contributed by atoms with Crippen molar-refractivity contribution in [1.29, 1.82) is 0 Å². The summed E-state index contributed by atoms with van der Waals surface area (Å²) in [6.07, 6.45) is 0.139. The highest BCUT2D eigenvalue weighted by atomic mass is 16.6. The first kappa shape index (κ1) is 18.0. The molecule has 0 spiro atoms. The maximum atomic E-state index is 12.8. The Kier molecular flexibility index (Phi) is 4.46. The molecule has 0 radical (unpaired) electrons. The molecule has 28 heavy (non-hydrogen) atoms. The molecular formula is C20H19N3O5. The van der Waals surface area contributed by atoms with Crippen LogP contribution in [0.4, 0.5) is 17.1 Å². The number of nitrogens with zero attached hydrogens (tertiary/aromatic N) is 3. The van der Waals surface area contributed by atoms with Crippen molar-refractivity contribution in [3.05, 3.63) is 58.1 Å². The van der Waals surface area contributed by atoms with E-state index in [1.807, 2.05) is 12.1 Å². The Hall–Kier alpha value is -3.42. The largest absolute Gasteiger partial charge is 0.479 e. The average Bonchev–Trinajstić information content (AvgIpc) is 3.11. The number of hydrogen-bond donors (Lipinski definition) is 0. The molecule has 0 saturated heterocycles. The highest BCUT2D eigenvalue weighted by molar-refractivity contribution is 6.01. The highest BCUT2D eigenvalue weighted by Crippen LogP contribution is 2.35.